The normalized spacial score (nSPS) is 9.62. The van der Waals surface area contributed by atoms with Crippen molar-refractivity contribution in [2.45, 2.75) is 6.92 Å². The maximum atomic E-state index is 5.40. The smallest absolute Gasteiger partial charge is 0.276 e. The maximum absolute atomic E-state index is 5.40. The Labute approximate surface area is 51.5 Å². The molecule has 1 heterocycles. The van der Waals surface area contributed by atoms with Crippen molar-refractivity contribution in [3.8, 4) is 0 Å². The number of aryl methyl sites for hydroxylation is 1. The molecule has 44 valence electrons. The van der Waals surface area contributed by atoms with Gasteiger partial charge in [0, 0.05) is 0 Å². The van der Waals surface area contributed by atoms with Crippen LogP contribution in [0.15, 0.2) is 6.20 Å². The van der Waals surface area contributed by atoms with Crippen molar-refractivity contribution in [2.24, 2.45) is 0 Å². The molecule has 0 radical (unpaired) electrons. The Morgan fingerprint density at radius 1 is 1.75 bits per heavy atom. The van der Waals surface area contributed by atoms with Crippen molar-refractivity contribution in [1.29, 1.82) is 0 Å². The molecule has 3 nitrogen and oxygen atoms in total. The van der Waals surface area contributed by atoms with E-state index in [-0.39, 0.29) is 0 Å². The second-order valence-electron chi connectivity index (χ2n) is 1.59. The van der Waals surface area contributed by atoms with E-state index in [0.717, 1.165) is 4.88 Å². The number of rotatable bonds is 0. The van der Waals surface area contributed by atoms with Gasteiger partial charge in [-0.15, -0.1) is 4.68 Å². The Balaban J connectivity index is 3.14. The summed E-state index contributed by atoms with van der Waals surface area (Å²) in [5.41, 5.74) is 5.40. The number of hydrogen-bond acceptors (Lipinski definition) is 3. The summed E-state index contributed by atoms with van der Waals surface area (Å²) in [5, 5.41) is 0.641. The Bertz CT molecular complexity index is 174. The zero-order chi connectivity index (χ0) is 6.15. The molecule has 0 aromatic carbocycles. The van der Waals surface area contributed by atoms with Crippen LogP contribution in [0.25, 0.3) is 0 Å². The van der Waals surface area contributed by atoms with Crippen LogP contribution in [-0.4, -0.2) is 0 Å². The van der Waals surface area contributed by atoms with Crippen molar-refractivity contribution in [3.05, 3.63) is 11.1 Å². The van der Waals surface area contributed by atoms with Gasteiger partial charge in [-0.3, -0.25) is 11.6 Å². The Morgan fingerprint density at radius 3 is 2.50 bits per heavy atom. The minimum Gasteiger partial charge on any atom is -0.276 e. The fourth-order valence-corrected chi connectivity index (χ4v) is 1.16. The van der Waals surface area contributed by atoms with Crippen LogP contribution in [-0.2, 0) is 0 Å². The van der Waals surface area contributed by atoms with E-state index in [1.54, 1.807) is 6.20 Å². The molecule has 0 bridgehead atoms. The van der Waals surface area contributed by atoms with E-state index >= 15 is 0 Å². The highest BCUT2D eigenvalue weighted by Crippen LogP contribution is 2.08. The summed E-state index contributed by atoms with van der Waals surface area (Å²) in [6, 6.07) is 0. The topological polar surface area (TPSA) is 55.9 Å². The van der Waals surface area contributed by atoms with Gasteiger partial charge in [0.1, 0.15) is 6.20 Å². The largest absolute Gasteiger partial charge is 0.355 e. The second-order valence-corrected chi connectivity index (χ2v) is 2.85. The van der Waals surface area contributed by atoms with Gasteiger partial charge in [0.25, 0.3) is 0 Å². The van der Waals surface area contributed by atoms with Crippen LogP contribution in [0.3, 0.4) is 0 Å². The maximum Gasteiger partial charge on any atom is 0.355 e. The molecule has 1 rings (SSSR count). The SMILES string of the molecule is Cc1c[n+](N)c(N)s1. The third-order valence-corrected chi connectivity index (χ3v) is 1.69. The second kappa shape index (κ2) is 1.63. The summed E-state index contributed by atoms with van der Waals surface area (Å²) in [4.78, 5) is 1.13. The predicted octanol–water partition coefficient (Wildman–Crippen LogP) is -0.360. The molecule has 0 aliphatic rings. The quantitative estimate of drug-likeness (QED) is 0.372. The molecule has 0 atom stereocenters. The molecule has 0 aliphatic heterocycles. The number of nitrogens with zero attached hydrogens (tertiary/aromatic N) is 1. The van der Waals surface area contributed by atoms with Crippen molar-refractivity contribution >= 4 is 16.5 Å². The van der Waals surface area contributed by atoms with Crippen LogP contribution in [0.5, 0.6) is 0 Å². The monoisotopic (exact) mass is 130 g/mol. The van der Waals surface area contributed by atoms with Gasteiger partial charge in [-0.2, -0.15) is 0 Å². The molecule has 0 fully saturated rings. The van der Waals surface area contributed by atoms with Crippen molar-refractivity contribution in [3.63, 3.8) is 0 Å². The average Bonchev–Trinajstić information content (AvgIpc) is 1.85. The van der Waals surface area contributed by atoms with Gasteiger partial charge in [0.05, 0.1) is 4.88 Å². The summed E-state index contributed by atoms with van der Waals surface area (Å²) in [6.45, 7) is 1.96. The Kier molecular flexibility index (Phi) is 1.09. The van der Waals surface area contributed by atoms with E-state index in [2.05, 4.69) is 0 Å². The zero-order valence-electron chi connectivity index (χ0n) is 4.59. The molecular formula is C4H8N3S+. The van der Waals surface area contributed by atoms with Gasteiger partial charge in [0.2, 0.25) is 0 Å². The van der Waals surface area contributed by atoms with E-state index in [9.17, 15) is 0 Å². The molecule has 0 spiro atoms. The molecule has 1 aromatic heterocycles. The third-order valence-electron chi connectivity index (χ3n) is 0.841. The molecule has 1 aromatic rings. The van der Waals surface area contributed by atoms with Crippen LogP contribution in [0.4, 0.5) is 5.13 Å². The predicted molar refractivity (Wildman–Crippen MR) is 33.8 cm³/mol. The molecular weight excluding hydrogens is 122 g/mol. The standard InChI is InChI=1S/C4H7N3S/c1-3-2-7(6)4(5)8-3/h2,5H,6H2,1H3/p+1. The highest BCUT2D eigenvalue weighted by atomic mass is 32.1. The van der Waals surface area contributed by atoms with Gasteiger partial charge >= 0.3 is 5.13 Å². The summed E-state index contributed by atoms with van der Waals surface area (Å²) in [5.74, 6) is 5.34. The number of hydrogen-bond donors (Lipinski definition) is 2. The first-order valence-corrected chi connectivity index (χ1v) is 3.04. The minimum absolute atomic E-state index is 0.641. The number of anilines is 1. The molecule has 0 saturated carbocycles. The summed E-state index contributed by atoms with van der Waals surface area (Å²) in [7, 11) is 0. The van der Waals surface area contributed by atoms with Gasteiger partial charge in [0.15, 0.2) is 0 Å². The molecule has 0 amide bonds. The van der Waals surface area contributed by atoms with E-state index in [1.807, 2.05) is 6.92 Å². The van der Waals surface area contributed by atoms with E-state index in [4.69, 9.17) is 11.6 Å². The summed E-state index contributed by atoms with van der Waals surface area (Å²) < 4.78 is 1.42. The van der Waals surface area contributed by atoms with Crippen LogP contribution < -0.4 is 16.3 Å². The molecule has 0 unspecified atom stereocenters. The molecule has 8 heavy (non-hydrogen) atoms. The lowest BCUT2D eigenvalue weighted by Crippen LogP contribution is -2.44. The van der Waals surface area contributed by atoms with Crippen LogP contribution >= 0.6 is 11.3 Å². The zero-order valence-corrected chi connectivity index (χ0v) is 5.40. The third kappa shape index (κ3) is 0.742. The highest BCUT2D eigenvalue weighted by Gasteiger charge is 2.02. The fourth-order valence-electron chi connectivity index (χ4n) is 0.503. The van der Waals surface area contributed by atoms with Gasteiger partial charge < -0.3 is 0 Å². The van der Waals surface area contributed by atoms with Gasteiger partial charge in [-0.05, 0) is 6.92 Å². The van der Waals surface area contributed by atoms with E-state index in [1.165, 1.54) is 16.0 Å². The lowest BCUT2D eigenvalue weighted by atomic mass is 10.6. The van der Waals surface area contributed by atoms with Crippen molar-refractivity contribution in [1.82, 2.24) is 0 Å². The van der Waals surface area contributed by atoms with Gasteiger partial charge in [-0.25, -0.2) is 0 Å². The first kappa shape index (κ1) is 5.37. The van der Waals surface area contributed by atoms with E-state index < -0.39 is 0 Å². The summed E-state index contributed by atoms with van der Waals surface area (Å²) >= 11 is 1.48. The molecule has 4 heteroatoms. The minimum atomic E-state index is 0.641. The number of thiazole rings is 1. The Hall–Kier alpha value is -0.770. The lowest BCUT2D eigenvalue weighted by Gasteiger charge is -1.77. The highest BCUT2D eigenvalue weighted by molar-refractivity contribution is 7.14. The van der Waals surface area contributed by atoms with Crippen molar-refractivity contribution < 1.29 is 4.68 Å². The van der Waals surface area contributed by atoms with Gasteiger partial charge in [-0.1, -0.05) is 11.3 Å². The molecule has 0 aliphatic carbocycles. The number of nitrogen functional groups attached to an aromatic ring is 2. The first-order chi connectivity index (χ1) is 3.70. The van der Waals surface area contributed by atoms with Crippen LogP contribution in [0.1, 0.15) is 4.88 Å². The van der Waals surface area contributed by atoms with Crippen molar-refractivity contribution in [2.75, 3.05) is 11.6 Å². The lowest BCUT2D eigenvalue weighted by molar-refractivity contribution is -0.619. The number of nitrogens with two attached hydrogens (primary N) is 2. The summed E-state index contributed by atoms with van der Waals surface area (Å²) in [6.07, 6.45) is 1.79. The van der Waals surface area contributed by atoms with Crippen LogP contribution in [0, 0.1) is 6.92 Å². The molecule has 0 saturated heterocycles. The first-order valence-electron chi connectivity index (χ1n) is 2.23. The fraction of sp³-hybridized carbons (Fsp3) is 0.250. The average molecular weight is 130 g/mol. The van der Waals surface area contributed by atoms with E-state index in [0.29, 0.717) is 5.13 Å². The van der Waals surface area contributed by atoms with Crippen LogP contribution in [0.2, 0.25) is 0 Å². The molecule has 4 N–H and O–H groups in total. The Morgan fingerprint density at radius 2 is 2.38 bits per heavy atom. The number of aromatic nitrogens is 1.